The van der Waals surface area contributed by atoms with Crippen molar-refractivity contribution in [3.63, 3.8) is 0 Å². The Morgan fingerprint density at radius 2 is 1.86 bits per heavy atom. The molecule has 0 aromatic carbocycles. The van der Waals surface area contributed by atoms with Gasteiger partial charge in [0.2, 0.25) is 0 Å². The molecule has 0 bridgehead atoms. The number of amidine groups is 1. The van der Waals surface area contributed by atoms with Crippen LogP contribution >= 0.6 is 11.8 Å². The number of nitrogens with zero attached hydrogens (tertiary/aromatic N) is 1. The van der Waals surface area contributed by atoms with E-state index in [1.54, 1.807) is 11.8 Å². The average Bonchev–Trinajstić information content (AvgIpc) is 2.43. The van der Waals surface area contributed by atoms with Crippen LogP contribution in [0.4, 0.5) is 22.0 Å². The van der Waals surface area contributed by atoms with Crippen LogP contribution in [0.1, 0.15) is 19.3 Å². The van der Waals surface area contributed by atoms with E-state index in [-0.39, 0.29) is 30.3 Å². The standard InChI is InChI=1S/C14H19F5N2S/c1-22-11-6-20-13(21-7-11)5-12(14(17,18)19)8-2-9(15)4-10(16)3-8/h5,8-11H,2-4,6-7H2,1H3,(H,20,21)/b12-5-. The van der Waals surface area contributed by atoms with Crippen molar-refractivity contribution in [1.29, 1.82) is 0 Å². The molecular weight excluding hydrogens is 323 g/mol. The van der Waals surface area contributed by atoms with Crippen LogP contribution < -0.4 is 5.32 Å². The summed E-state index contributed by atoms with van der Waals surface area (Å²) in [4.78, 5) is 4.09. The molecule has 1 aliphatic heterocycles. The van der Waals surface area contributed by atoms with Gasteiger partial charge in [-0.3, -0.25) is 4.99 Å². The van der Waals surface area contributed by atoms with Gasteiger partial charge in [0.05, 0.1) is 6.54 Å². The van der Waals surface area contributed by atoms with Gasteiger partial charge in [-0.1, -0.05) is 0 Å². The molecule has 0 aromatic heterocycles. The molecule has 0 amide bonds. The van der Waals surface area contributed by atoms with E-state index >= 15 is 0 Å². The van der Waals surface area contributed by atoms with Gasteiger partial charge < -0.3 is 5.32 Å². The molecule has 3 atom stereocenters. The molecule has 0 radical (unpaired) electrons. The summed E-state index contributed by atoms with van der Waals surface area (Å²) >= 11 is 1.59. The number of rotatable bonds is 3. The molecule has 22 heavy (non-hydrogen) atoms. The van der Waals surface area contributed by atoms with Crippen molar-refractivity contribution in [1.82, 2.24) is 5.32 Å². The fraction of sp³-hybridized carbons (Fsp3) is 0.786. The van der Waals surface area contributed by atoms with Crippen molar-refractivity contribution in [2.45, 2.75) is 43.0 Å². The fourth-order valence-electron chi connectivity index (χ4n) is 2.81. The Morgan fingerprint density at radius 1 is 1.23 bits per heavy atom. The number of halogens is 5. The summed E-state index contributed by atoms with van der Waals surface area (Å²) < 4.78 is 66.6. The molecule has 0 aromatic rings. The Labute approximate surface area is 130 Å². The average molecular weight is 342 g/mol. The normalized spacial score (nSPS) is 34.1. The lowest BCUT2D eigenvalue weighted by Gasteiger charge is -2.30. The van der Waals surface area contributed by atoms with E-state index in [1.807, 2.05) is 6.26 Å². The Morgan fingerprint density at radius 3 is 2.32 bits per heavy atom. The van der Waals surface area contributed by atoms with Crippen molar-refractivity contribution in [2.24, 2.45) is 10.9 Å². The van der Waals surface area contributed by atoms with Gasteiger partial charge in [0.15, 0.2) is 0 Å². The van der Waals surface area contributed by atoms with Crippen LogP contribution in [0.5, 0.6) is 0 Å². The highest BCUT2D eigenvalue weighted by Gasteiger charge is 2.43. The van der Waals surface area contributed by atoms with Gasteiger partial charge in [0, 0.05) is 23.8 Å². The predicted molar refractivity (Wildman–Crippen MR) is 78.9 cm³/mol. The maximum Gasteiger partial charge on any atom is 0.413 e. The highest BCUT2D eigenvalue weighted by Crippen LogP contribution is 2.40. The minimum Gasteiger partial charge on any atom is -0.369 e. The Balaban J connectivity index is 2.20. The van der Waals surface area contributed by atoms with E-state index < -0.39 is 30.0 Å². The van der Waals surface area contributed by atoms with Gasteiger partial charge in [-0.25, -0.2) is 8.78 Å². The summed E-state index contributed by atoms with van der Waals surface area (Å²) in [7, 11) is 0. The van der Waals surface area contributed by atoms with E-state index in [0.717, 1.165) is 6.08 Å². The highest BCUT2D eigenvalue weighted by atomic mass is 32.2. The zero-order chi connectivity index (χ0) is 16.3. The Bertz CT molecular complexity index is 439. The summed E-state index contributed by atoms with van der Waals surface area (Å²) in [6.07, 6.45) is -5.71. The third-order valence-corrected chi connectivity index (χ3v) is 4.94. The van der Waals surface area contributed by atoms with Crippen molar-refractivity contribution in [2.75, 3.05) is 19.3 Å². The summed E-state index contributed by atoms with van der Waals surface area (Å²) in [5.41, 5.74) is -0.883. The van der Waals surface area contributed by atoms with Crippen LogP contribution in [0.2, 0.25) is 0 Å². The molecule has 1 fully saturated rings. The quantitative estimate of drug-likeness (QED) is 0.791. The summed E-state index contributed by atoms with van der Waals surface area (Å²) in [6, 6.07) is 0. The minimum atomic E-state index is -4.61. The zero-order valence-corrected chi connectivity index (χ0v) is 13.0. The summed E-state index contributed by atoms with van der Waals surface area (Å²) in [5, 5.41) is 3.08. The number of aliphatic imine (C=N–C) groups is 1. The first-order chi connectivity index (χ1) is 10.3. The van der Waals surface area contributed by atoms with Crippen LogP contribution in [-0.4, -0.2) is 49.0 Å². The number of hydrogen-bond acceptors (Lipinski definition) is 3. The predicted octanol–water partition coefficient (Wildman–Crippen LogP) is 3.68. The molecule has 2 aliphatic rings. The molecule has 1 aliphatic carbocycles. The van der Waals surface area contributed by atoms with Crippen molar-refractivity contribution in [3.05, 3.63) is 11.6 Å². The Hall–Kier alpha value is -0.790. The van der Waals surface area contributed by atoms with Crippen molar-refractivity contribution < 1.29 is 22.0 Å². The second-order valence-electron chi connectivity index (χ2n) is 5.66. The molecule has 8 heteroatoms. The van der Waals surface area contributed by atoms with E-state index in [4.69, 9.17) is 0 Å². The molecule has 3 unspecified atom stereocenters. The molecule has 0 saturated heterocycles. The number of allylic oxidation sites excluding steroid dienone is 1. The first kappa shape index (κ1) is 17.6. The lowest BCUT2D eigenvalue weighted by Crippen LogP contribution is -2.38. The topological polar surface area (TPSA) is 24.4 Å². The molecular formula is C14H19F5N2S. The number of hydrogen-bond donors (Lipinski definition) is 1. The fourth-order valence-corrected chi connectivity index (χ4v) is 3.28. The number of alkyl halides is 5. The number of nitrogens with one attached hydrogen (secondary N) is 1. The largest absolute Gasteiger partial charge is 0.413 e. The molecule has 2 rings (SSSR count). The second kappa shape index (κ2) is 7.19. The summed E-state index contributed by atoms with van der Waals surface area (Å²) in [5.74, 6) is -1.00. The molecule has 0 spiro atoms. The maximum atomic E-state index is 13.4. The van der Waals surface area contributed by atoms with Crippen molar-refractivity contribution >= 4 is 17.6 Å². The van der Waals surface area contributed by atoms with Crippen LogP contribution in [0, 0.1) is 5.92 Å². The molecule has 1 saturated carbocycles. The SMILES string of the molecule is CSC1CN=C(/C=C(/C2CC(F)CC(F)C2)C(F)(F)F)NC1. The Kier molecular flexibility index (Phi) is 5.74. The maximum absolute atomic E-state index is 13.4. The van der Waals surface area contributed by atoms with Gasteiger partial charge in [-0.2, -0.15) is 24.9 Å². The van der Waals surface area contributed by atoms with Gasteiger partial charge in [0.25, 0.3) is 0 Å². The third kappa shape index (κ3) is 4.60. The third-order valence-electron chi connectivity index (χ3n) is 3.96. The van der Waals surface area contributed by atoms with Crippen molar-refractivity contribution in [3.8, 4) is 0 Å². The first-order valence-corrected chi connectivity index (χ1v) is 8.46. The van der Waals surface area contributed by atoms with Crippen LogP contribution in [0.15, 0.2) is 16.6 Å². The molecule has 2 nitrogen and oxygen atoms in total. The van der Waals surface area contributed by atoms with Crippen LogP contribution in [0.25, 0.3) is 0 Å². The highest BCUT2D eigenvalue weighted by molar-refractivity contribution is 7.99. The lowest BCUT2D eigenvalue weighted by molar-refractivity contribution is -0.103. The smallest absolute Gasteiger partial charge is 0.369 e. The van der Waals surface area contributed by atoms with Gasteiger partial charge in [-0.05, 0) is 31.1 Å². The van der Waals surface area contributed by atoms with E-state index in [1.165, 1.54) is 0 Å². The second-order valence-corrected chi connectivity index (χ2v) is 6.80. The molecule has 1 heterocycles. The lowest BCUT2D eigenvalue weighted by atomic mass is 9.81. The first-order valence-electron chi connectivity index (χ1n) is 7.17. The van der Waals surface area contributed by atoms with E-state index in [2.05, 4.69) is 10.3 Å². The van der Waals surface area contributed by atoms with Gasteiger partial charge in [-0.15, -0.1) is 0 Å². The monoisotopic (exact) mass is 342 g/mol. The number of thioether (sulfide) groups is 1. The van der Waals surface area contributed by atoms with E-state index in [9.17, 15) is 22.0 Å². The van der Waals surface area contributed by atoms with Crippen LogP contribution in [-0.2, 0) is 0 Å². The zero-order valence-electron chi connectivity index (χ0n) is 12.2. The minimum absolute atomic E-state index is 0.147. The molecule has 1 N–H and O–H groups in total. The molecule has 126 valence electrons. The van der Waals surface area contributed by atoms with Crippen LogP contribution in [0.3, 0.4) is 0 Å². The summed E-state index contributed by atoms with van der Waals surface area (Å²) in [6.45, 7) is 0.969. The van der Waals surface area contributed by atoms with Gasteiger partial charge >= 0.3 is 6.18 Å². The van der Waals surface area contributed by atoms with Gasteiger partial charge in [0.1, 0.15) is 18.2 Å². The van der Waals surface area contributed by atoms with E-state index in [0.29, 0.717) is 13.1 Å².